The highest BCUT2D eigenvalue weighted by Gasteiger charge is 2.10. The Kier molecular flexibility index (Phi) is 31.1. The lowest BCUT2D eigenvalue weighted by Gasteiger charge is -2.20. The molecule has 35 heavy (non-hydrogen) atoms. The quantitative estimate of drug-likeness (QED) is 0.116. The largest absolute Gasteiger partial charge is 0.395 e. The van der Waals surface area contributed by atoms with Gasteiger partial charge >= 0.3 is 0 Å². The van der Waals surface area contributed by atoms with Gasteiger partial charge in [0.1, 0.15) is 5.84 Å². The first-order valence-corrected chi connectivity index (χ1v) is 14.2. The van der Waals surface area contributed by atoms with Gasteiger partial charge in [-0.1, -0.05) is 97.7 Å². The average molecular weight is 508 g/mol. The number of aliphatic hydroxyl groups excluding tert-OH is 1. The molecule has 0 spiro atoms. The van der Waals surface area contributed by atoms with Crippen molar-refractivity contribution in [2.75, 3.05) is 32.8 Å². The van der Waals surface area contributed by atoms with E-state index < -0.39 is 0 Å². The molecule has 0 aliphatic heterocycles. The van der Waals surface area contributed by atoms with Gasteiger partial charge < -0.3 is 10.4 Å². The minimum atomic E-state index is 0.181. The number of hydrogen-bond acceptors (Lipinski definition) is 4. The van der Waals surface area contributed by atoms with E-state index in [1.807, 2.05) is 52.0 Å². The molecular weight excluding hydrogens is 450 g/mol. The SMILES string of the molecule is C/C=C(\C/C(C)=C\CC)NC(=NCCN(CCC)CCO)c1ccccc1S.CC.CC.CCC. The van der Waals surface area contributed by atoms with Gasteiger partial charge in [0.25, 0.3) is 0 Å². The van der Waals surface area contributed by atoms with E-state index in [0.29, 0.717) is 13.1 Å². The number of nitrogens with one attached hydrogen (secondary N) is 1. The van der Waals surface area contributed by atoms with E-state index in [0.717, 1.165) is 54.3 Å². The van der Waals surface area contributed by atoms with Crippen LogP contribution in [0.25, 0.3) is 0 Å². The third kappa shape index (κ3) is 20.3. The van der Waals surface area contributed by atoms with Crippen molar-refractivity contribution in [3.05, 3.63) is 53.3 Å². The summed E-state index contributed by atoms with van der Waals surface area (Å²) in [5.74, 6) is 0.850. The van der Waals surface area contributed by atoms with Crippen LogP contribution in [0.2, 0.25) is 0 Å². The van der Waals surface area contributed by atoms with Crippen molar-refractivity contribution in [3.63, 3.8) is 0 Å². The van der Waals surface area contributed by atoms with Gasteiger partial charge in [0.2, 0.25) is 0 Å². The molecule has 0 heterocycles. The maximum absolute atomic E-state index is 9.25. The van der Waals surface area contributed by atoms with Crippen molar-refractivity contribution in [2.24, 2.45) is 4.99 Å². The first-order chi connectivity index (χ1) is 17.0. The maximum Gasteiger partial charge on any atom is 0.133 e. The molecule has 0 fully saturated rings. The molecule has 0 saturated carbocycles. The summed E-state index contributed by atoms with van der Waals surface area (Å²) in [5.41, 5.74) is 3.49. The maximum atomic E-state index is 9.25. The monoisotopic (exact) mass is 507 g/mol. The Morgan fingerprint density at radius 2 is 1.63 bits per heavy atom. The van der Waals surface area contributed by atoms with E-state index in [4.69, 9.17) is 4.99 Å². The summed E-state index contributed by atoms with van der Waals surface area (Å²) in [4.78, 5) is 8.03. The van der Waals surface area contributed by atoms with Crippen molar-refractivity contribution in [3.8, 4) is 0 Å². The normalized spacial score (nSPS) is 11.5. The van der Waals surface area contributed by atoms with Crippen LogP contribution in [0, 0.1) is 0 Å². The van der Waals surface area contributed by atoms with Crippen LogP contribution < -0.4 is 5.32 Å². The molecule has 1 aromatic rings. The summed E-state index contributed by atoms with van der Waals surface area (Å²) in [6, 6.07) is 8.04. The molecule has 0 aliphatic carbocycles. The molecule has 0 radical (unpaired) electrons. The van der Waals surface area contributed by atoms with E-state index in [1.165, 1.54) is 12.0 Å². The standard InChI is InChI=1S/C23H37N3OS.C3H8.2C2H6/c1-5-10-19(4)18-20(7-3)25-23(21-11-8-9-12-22(21)28)24-13-15-26(14-6-2)16-17-27;1-3-2;2*1-2/h7-12,27-28H,5-6,13-18H2,1-4H3,(H,24,25);3H2,1-2H3;2*1-2H3/b19-10-,20-7+;;;. The van der Waals surface area contributed by atoms with Crippen molar-refractivity contribution in [1.82, 2.24) is 10.2 Å². The Bertz CT molecular complexity index is 678. The van der Waals surface area contributed by atoms with Crippen molar-refractivity contribution in [2.45, 2.75) is 99.8 Å². The van der Waals surface area contributed by atoms with Gasteiger partial charge in [0, 0.05) is 35.7 Å². The van der Waals surface area contributed by atoms with Crippen LogP contribution in [0.1, 0.15) is 100 Å². The average Bonchev–Trinajstić information content (AvgIpc) is 2.86. The zero-order chi connectivity index (χ0) is 27.5. The summed E-state index contributed by atoms with van der Waals surface area (Å²) in [6.07, 6.45) is 8.61. The number of allylic oxidation sites excluding steroid dienone is 3. The van der Waals surface area contributed by atoms with Crippen LogP contribution in [0.3, 0.4) is 0 Å². The summed E-state index contributed by atoms with van der Waals surface area (Å²) < 4.78 is 0. The van der Waals surface area contributed by atoms with Crippen LogP contribution in [0.5, 0.6) is 0 Å². The molecule has 2 N–H and O–H groups in total. The Labute approximate surface area is 224 Å². The molecule has 204 valence electrons. The number of hydrogen-bond donors (Lipinski definition) is 3. The first kappa shape index (κ1) is 38.0. The molecule has 1 aromatic carbocycles. The second-order valence-corrected chi connectivity index (χ2v) is 8.08. The molecule has 0 amide bonds. The number of nitrogens with zero attached hydrogens (tertiary/aromatic N) is 2. The van der Waals surface area contributed by atoms with Crippen molar-refractivity contribution in [1.29, 1.82) is 0 Å². The fourth-order valence-electron chi connectivity index (χ4n) is 3.05. The molecule has 0 unspecified atom stereocenters. The van der Waals surface area contributed by atoms with Crippen LogP contribution in [0.4, 0.5) is 0 Å². The summed E-state index contributed by atoms with van der Waals surface area (Å²) in [5, 5.41) is 12.8. The Morgan fingerprint density at radius 3 is 2.11 bits per heavy atom. The molecule has 0 aromatic heterocycles. The van der Waals surface area contributed by atoms with Crippen LogP contribution in [-0.4, -0.2) is 48.6 Å². The molecular formula is C30H57N3OS. The van der Waals surface area contributed by atoms with Gasteiger partial charge in [-0.2, -0.15) is 0 Å². The van der Waals surface area contributed by atoms with Crippen LogP contribution in [-0.2, 0) is 0 Å². The predicted octanol–water partition coefficient (Wildman–Crippen LogP) is 8.13. The minimum Gasteiger partial charge on any atom is -0.395 e. The van der Waals surface area contributed by atoms with Crippen molar-refractivity contribution >= 4 is 18.5 Å². The number of aliphatic hydroxyl groups is 1. The lowest BCUT2D eigenvalue weighted by Crippen LogP contribution is -2.31. The summed E-state index contributed by atoms with van der Waals surface area (Å²) in [7, 11) is 0. The number of rotatable bonds is 12. The first-order valence-electron chi connectivity index (χ1n) is 13.7. The smallest absolute Gasteiger partial charge is 0.133 e. The van der Waals surface area contributed by atoms with Gasteiger partial charge in [-0.15, -0.1) is 12.6 Å². The number of aliphatic imine (C=N–C) groups is 1. The number of amidine groups is 1. The molecule has 1 rings (SSSR count). The highest BCUT2D eigenvalue weighted by molar-refractivity contribution is 7.80. The molecule has 5 heteroatoms. The third-order valence-electron chi connectivity index (χ3n) is 4.45. The topological polar surface area (TPSA) is 47.9 Å². The third-order valence-corrected chi connectivity index (χ3v) is 4.84. The lowest BCUT2D eigenvalue weighted by molar-refractivity contribution is 0.199. The van der Waals surface area contributed by atoms with E-state index in [9.17, 15) is 5.11 Å². The van der Waals surface area contributed by atoms with Crippen molar-refractivity contribution < 1.29 is 5.11 Å². The van der Waals surface area contributed by atoms with Crippen LogP contribution >= 0.6 is 12.6 Å². The van der Waals surface area contributed by atoms with Gasteiger partial charge in [0.05, 0.1) is 13.2 Å². The molecule has 0 bridgehead atoms. The zero-order valence-electron chi connectivity index (χ0n) is 24.6. The van der Waals surface area contributed by atoms with E-state index in [2.05, 4.69) is 76.5 Å². The zero-order valence-corrected chi connectivity index (χ0v) is 25.5. The van der Waals surface area contributed by atoms with E-state index >= 15 is 0 Å². The van der Waals surface area contributed by atoms with Gasteiger partial charge in [-0.3, -0.25) is 9.89 Å². The Balaban J connectivity index is -0.00000132. The lowest BCUT2D eigenvalue weighted by atomic mass is 10.1. The second kappa shape index (κ2) is 28.7. The Hall–Kier alpha value is -1.56. The minimum absolute atomic E-state index is 0.181. The summed E-state index contributed by atoms with van der Waals surface area (Å²) >= 11 is 4.63. The highest BCUT2D eigenvalue weighted by atomic mass is 32.1. The van der Waals surface area contributed by atoms with E-state index in [-0.39, 0.29) is 6.61 Å². The number of thiol groups is 1. The van der Waals surface area contributed by atoms with Crippen LogP contribution in [0.15, 0.2) is 57.6 Å². The van der Waals surface area contributed by atoms with E-state index in [1.54, 1.807) is 0 Å². The summed E-state index contributed by atoms with van der Waals surface area (Å²) in [6.45, 7) is 24.1. The Morgan fingerprint density at radius 1 is 1.03 bits per heavy atom. The fraction of sp³-hybridized carbons (Fsp3) is 0.633. The molecule has 0 aliphatic rings. The predicted molar refractivity (Wildman–Crippen MR) is 163 cm³/mol. The van der Waals surface area contributed by atoms with Gasteiger partial charge in [0.15, 0.2) is 0 Å². The molecule has 0 saturated heterocycles. The van der Waals surface area contributed by atoms with Gasteiger partial charge in [-0.25, -0.2) is 0 Å². The fourth-order valence-corrected chi connectivity index (χ4v) is 3.32. The number of benzene rings is 1. The second-order valence-electron chi connectivity index (χ2n) is 7.59. The highest BCUT2D eigenvalue weighted by Crippen LogP contribution is 2.16. The molecule has 0 atom stereocenters. The van der Waals surface area contributed by atoms with Gasteiger partial charge in [-0.05, 0) is 39.3 Å². The molecule has 4 nitrogen and oxygen atoms in total.